The molecule has 1 aliphatic rings. The number of aryl methyl sites for hydroxylation is 1. The summed E-state index contributed by atoms with van der Waals surface area (Å²) in [5.41, 5.74) is 4.49. The molecule has 14 heavy (non-hydrogen) atoms. The number of hydrogen-bond acceptors (Lipinski definition) is 3. The van der Waals surface area contributed by atoms with E-state index in [0.29, 0.717) is 0 Å². The Morgan fingerprint density at radius 1 is 1.43 bits per heavy atom. The molecule has 2 rings (SSSR count). The van der Waals surface area contributed by atoms with Gasteiger partial charge in [-0.15, -0.1) is 0 Å². The van der Waals surface area contributed by atoms with E-state index in [1.165, 1.54) is 0 Å². The van der Waals surface area contributed by atoms with Crippen molar-refractivity contribution in [2.24, 2.45) is 16.4 Å². The molecule has 0 radical (unpaired) electrons. The number of hydrogen-bond donors (Lipinski definition) is 2. The van der Waals surface area contributed by atoms with Crippen LogP contribution in [0.1, 0.15) is 37.2 Å². The van der Waals surface area contributed by atoms with Crippen molar-refractivity contribution in [3.63, 3.8) is 0 Å². The largest absolute Gasteiger partial charge is 0.323 e. The van der Waals surface area contributed by atoms with Gasteiger partial charge in [0, 0.05) is 11.3 Å². The summed E-state index contributed by atoms with van der Waals surface area (Å²) in [5, 5.41) is 11.2. The van der Waals surface area contributed by atoms with Gasteiger partial charge in [-0.05, 0) is 25.2 Å². The first-order valence-corrected chi connectivity index (χ1v) is 4.84. The minimum absolute atomic E-state index is 0.215. The highest BCUT2D eigenvalue weighted by molar-refractivity contribution is 6.03. The van der Waals surface area contributed by atoms with Gasteiger partial charge in [-0.1, -0.05) is 13.8 Å². The Morgan fingerprint density at radius 2 is 2.14 bits per heavy atom. The van der Waals surface area contributed by atoms with Gasteiger partial charge in [0.1, 0.15) is 0 Å². The highest BCUT2D eigenvalue weighted by atomic mass is 15.2. The smallest absolute Gasteiger partial charge is 0.0721 e. The fourth-order valence-electron chi connectivity index (χ4n) is 2.16. The number of aromatic nitrogens is 2. The molecule has 0 bridgehead atoms. The van der Waals surface area contributed by atoms with Crippen molar-refractivity contribution in [3.05, 3.63) is 17.0 Å². The Balaban J connectivity index is 2.54. The van der Waals surface area contributed by atoms with Gasteiger partial charge < -0.3 is 5.84 Å². The molecule has 0 aromatic carbocycles. The summed E-state index contributed by atoms with van der Waals surface area (Å²) >= 11 is 0. The second-order valence-corrected chi connectivity index (χ2v) is 4.76. The second kappa shape index (κ2) is 2.83. The van der Waals surface area contributed by atoms with Gasteiger partial charge in [-0.2, -0.15) is 10.2 Å². The van der Waals surface area contributed by atoms with E-state index in [0.717, 1.165) is 35.5 Å². The Hall–Kier alpha value is -1.32. The molecule has 1 aliphatic carbocycles. The Kier molecular flexibility index (Phi) is 1.87. The van der Waals surface area contributed by atoms with Gasteiger partial charge in [0.05, 0.1) is 11.4 Å². The van der Waals surface area contributed by atoms with Gasteiger partial charge in [0.2, 0.25) is 0 Å². The molecule has 0 amide bonds. The van der Waals surface area contributed by atoms with Crippen molar-refractivity contribution in [1.29, 1.82) is 0 Å². The molecule has 1 aromatic heterocycles. The molecule has 0 atom stereocenters. The van der Waals surface area contributed by atoms with E-state index in [1.807, 2.05) is 6.92 Å². The number of H-pyrrole nitrogens is 1. The molecule has 76 valence electrons. The van der Waals surface area contributed by atoms with Crippen LogP contribution in [0.5, 0.6) is 0 Å². The van der Waals surface area contributed by atoms with Crippen molar-refractivity contribution in [3.8, 4) is 0 Å². The maximum atomic E-state index is 5.41. The molecule has 4 heteroatoms. The fraction of sp³-hybridized carbons (Fsp3) is 0.600. The molecule has 0 fully saturated rings. The molecular weight excluding hydrogens is 176 g/mol. The van der Waals surface area contributed by atoms with Crippen molar-refractivity contribution in [2.75, 3.05) is 0 Å². The van der Waals surface area contributed by atoms with Gasteiger partial charge >= 0.3 is 0 Å². The SMILES string of the molecule is Cc1[nH]nc2c1C(=NN)CC(C)(C)C2. The topological polar surface area (TPSA) is 67.1 Å². The average Bonchev–Trinajstić information content (AvgIpc) is 2.44. The summed E-state index contributed by atoms with van der Waals surface area (Å²) in [6.45, 7) is 6.44. The van der Waals surface area contributed by atoms with Crippen molar-refractivity contribution < 1.29 is 0 Å². The number of aromatic amines is 1. The first-order valence-electron chi connectivity index (χ1n) is 4.84. The van der Waals surface area contributed by atoms with Gasteiger partial charge in [0.25, 0.3) is 0 Å². The zero-order valence-corrected chi connectivity index (χ0v) is 8.89. The molecule has 0 saturated carbocycles. The van der Waals surface area contributed by atoms with Crippen LogP contribution in [0, 0.1) is 12.3 Å². The van der Waals surface area contributed by atoms with Crippen LogP contribution in [0.4, 0.5) is 0 Å². The molecule has 3 N–H and O–H groups in total. The predicted molar refractivity (Wildman–Crippen MR) is 56.2 cm³/mol. The minimum Gasteiger partial charge on any atom is -0.323 e. The van der Waals surface area contributed by atoms with Crippen LogP contribution in [0.15, 0.2) is 5.10 Å². The van der Waals surface area contributed by atoms with Crippen LogP contribution in [0.2, 0.25) is 0 Å². The van der Waals surface area contributed by atoms with Crippen molar-refractivity contribution in [2.45, 2.75) is 33.6 Å². The van der Waals surface area contributed by atoms with E-state index < -0.39 is 0 Å². The van der Waals surface area contributed by atoms with E-state index in [-0.39, 0.29) is 5.41 Å². The Bertz CT molecular complexity index is 387. The highest BCUT2D eigenvalue weighted by Gasteiger charge is 2.32. The lowest BCUT2D eigenvalue weighted by molar-refractivity contribution is 0.368. The Morgan fingerprint density at radius 3 is 2.79 bits per heavy atom. The maximum Gasteiger partial charge on any atom is 0.0721 e. The van der Waals surface area contributed by atoms with E-state index in [2.05, 4.69) is 29.1 Å². The highest BCUT2D eigenvalue weighted by Crippen LogP contribution is 2.34. The number of rotatable bonds is 0. The summed E-state index contributed by atoms with van der Waals surface area (Å²) < 4.78 is 0. The lowest BCUT2D eigenvalue weighted by atomic mass is 9.75. The monoisotopic (exact) mass is 192 g/mol. The first kappa shape index (κ1) is 9.24. The standard InChI is InChI=1S/C10H16N4/c1-6-9-7(12-11)4-10(2,3)5-8(9)14-13-6/h4-5,11H2,1-3H3,(H,13,14). The minimum atomic E-state index is 0.215. The quantitative estimate of drug-likeness (QED) is 0.481. The molecule has 0 spiro atoms. The van der Waals surface area contributed by atoms with Gasteiger partial charge in [-0.3, -0.25) is 5.10 Å². The molecule has 0 unspecified atom stereocenters. The number of fused-ring (bicyclic) bond motifs is 1. The zero-order valence-electron chi connectivity index (χ0n) is 8.89. The molecule has 4 nitrogen and oxygen atoms in total. The lowest BCUT2D eigenvalue weighted by Crippen LogP contribution is -2.28. The fourth-order valence-corrected chi connectivity index (χ4v) is 2.16. The Labute approximate surface area is 83.6 Å². The van der Waals surface area contributed by atoms with Crippen LogP contribution >= 0.6 is 0 Å². The van der Waals surface area contributed by atoms with Crippen molar-refractivity contribution in [1.82, 2.24) is 10.2 Å². The predicted octanol–water partition coefficient (Wildman–Crippen LogP) is 1.35. The van der Waals surface area contributed by atoms with Crippen LogP contribution in [0.3, 0.4) is 0 Å². The van der Waals surface area contributed by atoms with E-state index in [4.69, 9.17) is 5.84 Å². The normalized spacial score (nSPS) is 22.4. The summed E-state index contributed by atoms with van der Waals surface area (Å²) in [5.74, 6) is 5.41. The number of nitrogens with one attached hydrogen (secondary N) is 1. The van der Waals surface area contributed by atoms with Crippen LogP contribution in [0.25, 0.3) is 0 Å². The van der Waals surface area contributed by atoms with Crippen LogP contribution in [-0.4, -0.2) is 15.9 Å². The molecular formula is C10H16N4. The third kappa shape index (κ3) is 1.31. The van der Waals surface area contributed by atoms with E-state index in [1.54, 1.807) is 0 Å². The van der Waals surface area contributed by atoms with Gasteiger partial charge in [-0.25, -0.2) is 0 Å². The maximum absolute atomic E-state index is 5.41. The number of nitrogens with zero attached hydrogens (tertiary/aromatic N) is 2. The lowest BCUT2D eigenvalue weighted by Gasteiger charge is -2.29. The van der Waals surface area contributed by atoms with Gasteiger partial charge in [0.15, 0.2) is 0 Å². The number of nitrogens with two attached hydrogens (primary N) is 1. The first-order chi connectivity index (χ1) is 6.53. The molecule has 1 aromatic rings. The van der Waals surface area contributed by atoms with E-state index >= 15 is 0 Å². The summed E-state index contributed by atoms with van der Waals surface area (Å²) in [6, 6.07) is 0. The zero-order chi connectivity index (χ0) is 10.3. The average molecular weight is 192 g/mol. The molecule has 1 heterocycles. The number of hydrazone groups is 1. The molecule has 0 saturated heterocycles. The van der Waals surface area contributed by atoms with Crippen molar-refractivity contribution >= 4 is 5.71 Å². The molecule has 0 aliphatic heterocycles. The summed E-state index contributed by atoms with van der Waals surface area (Å²) in [4.78, 5) is 0. The summed E-state index contributed by atoms with van der Waals surface area (Å²) in [6.07, 6.45) is 1.92. The third-order valence-corrected chi connectivity index (χ3v) is 2.76. The van der Waals surface area contributed by atoms with Crippen LogP contribution < -0.4 is 5.84 Å². The van der Waals surface area contributed by atoms with E-state index in [9.17, 15) is 0 Å². The van der Waals surface area contributed by atoms with Crippen LogP contribution in [-0.2, 0) is 6.42 Å². The third-order valence-electron chi connectivity index (χ3n) is 2.76. The second-order valence-electron chi connectivity index (χ2n) is 4.76. The summed E-state index contributed by atoms with van der Waals surface area (Å²) in [7, 11) is 0.